The Morgan fingerprint density at radius 3 is 2.72 bits per heavy atom. The number of hydrogen-bond acceptors (Lipinski definition) is 4. The molecule has 0 heterocycles. The Morgan fingerprint density at radius 2 is 2.22 bits per heavy atom. The van der Waals surface area contributed by atoms with Crippen LogP contribution in [0.15, 0.2) is 27.8 Å². The number of rotatable bonds is 4. The number of amidine groups is 1. The summed E-state index contributed by atoms with van der Waals surface area (Å²) < 4.78 is 0.979. The van der Waals surface area contributed by atoms with E-state index in [9.17, 15) is 0 Å². The monoisotopic (exact) mass is 307 g/mol. The molecular formula is C12H14BrN5. The SMILES string of the molecule is CC(C)c1cc(Br)ccc1N/N=C(\C#N)C(=N)N. The van der Waals surface area contributed by atoms with Crippen molar-refractivity contribution < 1.29 is 0 Å². The Hall–Kier alpha value is -1.87. The van der Waals surface area contributed by atoms with E-state index in [0.717, 1.165) is 15.7 Å². The largest absolute Gasteiger partial charge is 0.382 e. The molecule has 6 heteroatoms. The van der Waals surface area contributed by atoms with Gasteiger partial charge in [0.25, 0.3) is 0 Å². The first-order chi connectivity index (χ1) is 8.45. The number of nitrogens with zero attached hydrogens (tertiary/aromatic N) is 2. The molecule has 0 atom stereocenters. The topological polar surface area (TPSA) is 98.0 Å². The molecule has 1 aromatic rings. The molecule has 0 aliphatic heterocycles. The second-order valence-electron chi connectivity index (χ2n) is 3.98. The normalized spacial score (nSPS) is 11.2. The summed E-state index contributed by atoms with van der Waals surface area (Å²) in [6.07, 6.45) is 0. The van der Waals surface area contributed by atoms with E-state index in [0.29, 0.717) is 5.92 Å². The fraction of sp³-hybridized carbons (Fsp3) is 0.250. The van der Waals surface area contributed by atoms with Gasteiger partial charge in [0.2, 0.25) is 5.71 Å². The van der Waals surface area contributed by atoms with E-state index < -0.39 is 0 Å². The second kappa shape index (κ2) is 6.17. The third kappa shape index (κ3) is 3.57. The van der Waals surface area contributed by atoms with Crippen LogP contribution in [0.4, 0.5) is 5.69 Å². The number of benzene rings is 1. The van der Waals surface area contributed by atoms with Crippen LogP contribution in [0.25, 0.3) is 0 Å². The van der Waals surface area contributed by atoms with E-state index in [1.807, 2.05) is 18.2 Å². The van der Waals surface area contributed by atoms with Gasteiger partial charge >= 0.3 is 0 Å². The van der Waals surface area contributed by atoms with Crippen LogP contribution in [0.2, 0.25) is 0 Å². The summed E-state index contributed by atoms with van der Waals surface area (Å²) in [7, 11) is 0. The summed E-state index contributed by atoms with van der Waals surface area (Å²) in [6, 6.07) is 7.49. The molecule has 0 spiro atoms. The van der Waals surface area contributed by atoms with Crippen molar-refractivity contribution in [1.82, 2.24) is 0 Å². The summed E-state index contributed by atoms with van der Waals surface area (Å²) in [5.74, 6) is -0.0451. The molecule has 4 N–H and O–H groups in total. The lowest BCUT2D eigenvalue weighted by atomic mass is 10.0. The van der Waals surface area contributed by atoms with E-state index in [2.05, 4.69) is 40.3 Å². The molecule has 1 aromatic carbocycles. The van der Waals surface area contributed by atoms with Crippen molar-refractivity contribution in [2.24, 2.45) is 10.8 Å². The van der Waals surface area contributed by atoms with Crippen molar-refractivity contribution in [3.8, 4) is 6.07 Å². The predicted octanol–water partition coefficient (Wildman–Crippen LogP) is 2.80. The summed E-state index contributed by atoms with van der Waals surface area (Å²) in [5, 5.41) is 19.7. The summed E-state index contributed by atoms with van der Waals surface area (Å²) in [5.41, 5.74) is 9.72. The zero-order valence-corrected chi connectivity index (χ0v) is 11.7. The van der Waals surface area contributed by atoms with Gasteiger partial charge in [-0.25, -0.2) is 0 Å². The minimum Gasteiger partial charge on any atom is -0.382 e. The highest BCUT2D eigenvalue weighted by molar-refractivity contribution is 9.10. The molecule has 0 aliphatic carbocycles. The van der Waals surface area contributed by atoms with E-state index in [1.165, 1.54) is 0 Å². The zero-order chi connectivity index (χ0) is 13.7. The van der Waals surface area contributed by atoms with Gasteiger partial charge in [0, 0.05) is 4.47 Å². The number of hydrogen-bond donors (Lipinski definition) is 3. The zero-order valence-electron chi connectivity index (χ0n) is 10.2. The molecule has 1 rings (SSSR count). The fourth-order valence-corrected chi connectivity index (χ4v) is 1.75. The summed E-state index contributed by atoms with van der Waals surface area (Å²) in [6.45, 7) is 4.12. The highest BCUT2D eigenvalue weighted by atomic mass is 79.9. The first kappa shape index (κ1) is 14.2. The van der Waals surface area contributed by atoms with Crippen molar-refractivity contribution in [1.29, 1.82) is 10.7 Å². The Kier molecular flexibility index (Phi) is 4.86. The summed E-state index contributed by atoms with van der Waals surface area (Å²) >= 11 is 3.41. The Morgan fingerprint density at radius 1 is 1.56 bits per heavy atom. The molecule has 0 aromatic heterocycles. The Bertz CT molecular complexity index is 528. The Labute approximate surface area is 114 Å². The van der Waals surface area contributed by atoms with Gasteiger partial charge in [0.1, 0.15) is 6.07 Å². The molecule has 94 valence electrons. The molecule has 0 bridgehead atoms. The highest BCUT2D eigenvalue weighted by Crippen LogP contribution is 2.27. The molecule has 5 nitrogen and oxygen atoms in total. The van der Waals surface area contributed by atoms with E-state index >= 15 is 0 Å². The van der Waals surface area contributed by atoms with Gasteiger partial charge < -0.3 is 5.73 Å². The van der Waals surface area contributed by atoms with Gasteiger partial charge in [-0.15, -0.1) is 0 Å². The van der Waals surface area contributed by atoms with Crippen LogP contribution in [-0.4, -0.2) is 11.5 Å². The number of nitrogens with one attached hydrogen (secondary N) is 2. The minimum absolute atomic E-state index is 0.132. The molecular weight excluding hydrogens is 294 g/mol. The second-order valence-corrected chi connectivity index (χ2v) is 4.90. The summed E-state index contributed by atoms with van der Waals surface area (Å²) in [4.78, 5) is 0. The van der Waals surface area contributed by atoms with Gasteiger partial charge in [-0.05, 0) is 29.7 Å². The van der Waals surface area contributed by atoms with Crippen molar-refractivity contribution in [2.45, 2.75) is 19.8 Å². The van der Waals surface area contributed by atoms with E-state index in [-0.39, 0.29) is 11.5 Å². The van der Waals surface area contributed by atoms with E-state index in [1.54, 1.807) is 6.07 Å². The lowest BCUT2D eigenvalue weighted by molar-refractivity contribution is 0.866. The maximum atomic E-state index is 8.75. The number of nitriles is 1. The van der Waals surface area contributed by atoms with Gasteiger partial charge in [0.15, 0.2) is 5.84 Å². The van der Waals surface area contributed by atoms with Crippen molar-refractivity contribution in [3.05, 3.63) is 28.2 Å². The van der Waals surface area contributed by atoms with Gasteiger partial charge in [-0.2, -0.15) is 10.4 Å². The van der Waals surface area contributed by atoms with Crippen LogP contribution in [-0.2, 0) is 0 Å². The third-order valence-electron chi connectivity index (χ3n) is 2.28. The number of halogens is 1. The predicted molar refractivity (Wildman–Crippen MR) is 76.8 cm³/mol. The average Bonchev–Trinajstić information content (AvgIpc) is 2.30. The first-order valence-corrected chi connectivity index (χ1v) is 6.12. The maximum Gasteiger partial charge on any atom is 0.201 e. The van der Waals surface area contributed by atoms with Gasteiger partial charge in [-0.3, -0.25) is 10.8 Å². The highest BCUT2D eigenvalue weighted by Gasteiger charge is 2.08. The molecule has 0 radical (unpaired) electrons. The van der Waals surface area contributed by atoms with E-state index in [4.69, 9.17) is 16.4 Å². The van der Waals surface area contributed by atoms with Crippen LogP contribution >= 0.6 is 15.9 Å². The molecule has 0 amide bonds. The first-order valence-electron chi connectivity index (χ1n) is 5.33. The van der Waals surface area contributed by atoms with Gasteiger partial charge in [-0.1, -0.05) is 29.8 Å². The molecule has 0 saturated heterocycles. The molecule has 0 aliphatic rings. The van der Waals surface area contributed by atoms with Crippen molar-refractivity contribution >= 4 is 33.2 Å². The van der Waals surface area contributed by atoms with Crippen LogP contribution < -0.4 is 11.2 Å². The Balaban J connectivity index is 3.05. The lowest BCUT2D eigenvalue weighted by Crippen LogP contribution is -2.22. The molecule has 18 heavy (non-hydrogen) atoms. The lowest BCUT2D eigenvalue weighted by Gasteiger charge is -2.12. The molecule has 0 fully saturated rings. The van der Waals surface area contributed by atoms with Crippen LogP contribution in [0.3, 0.4) is 0 Å². The number of hydrazone groups is 1. The quantitative estimate of drug-likeness (QED) is 0.453. The number of anilines is 1. The fourth-order valence-electron chi connectivity index (χ4n) is 1.37. The maximum absolute atomic E-state index is 8.75. The van der Waals surface area contributed by atoms with Crippen LogP contribution in [0, 0.1) is 16.7 Å². The van der Waals surface area contributed by atoms with Crippen LogP contribution in [0.5, 0.6) is 0 Å². The van der Waals surface area contributed by atoms with Crippen molar-refractivity contribution in [3.63, 3.8) is 0 Å². The van der Waals surface area contributed by atoms with Gasteiger partial charge in [0.05, 0.1) is 5.69 Å². The standard InChI is InChI=1S/C12H14BrN5/c1-7(2)9-5-8(13)3-4-10(9)17-18-11(6-14)12(15)16/h3-5,7,17H,1-2H3,(H3,15,16)/b18-11+. The average molecular weight is 308 g/mol. The number of nitrogens with two attached hydrogens (primary N) is 1. The molecule has 0 saturated carbocycles. The van der Waals surface area contributed by atoms with Crippen molar-refractivity contribution in [2.75, 3.05) is 5.43 Å². The third-order valence-corrected chi connectivity index (χ3v) is 2.78. The minimum atomic E-state index is -0.354. The smallest absolute Gasteiger partial charge is 0.201 e. The van der Waals surface area contributed by atoms with Crippen LogP contribution in [0.1, 0.15) is 25.3 Å². The molecule has 0 unspecified atom stereocenters.